The maximum Gasteiger partial charge on any atom is 0.254 e. The zero-order chi connectivity index (χ0) is 20.8. The molecule has 0 spiro atoms. The number of benzene rings is 3. The summed E-state index contributed by atoms with van der Waals surface area (Å²) in [7, 11) is 0. The van der Waals surface area contributed by atoms with E-state index in [2.05, 4.69) is 29.0 Å². The van der Waals surface area contributed by atoms with Crippen LogP contribution in [0.2, 0.25) is 5.02 Å². The van der Waals surface area contributed by atoms with E-state index in [4.69, 9.17) is 11.6 Å². The second kappa shape index (κ2) is 9.47. The molecule has 0 aliphatic heterocycles. The van der Waals surface area contributed by atoms with Crippen LogP contribution in [0, 0.1) is 0 Å². The zero-order valence-corrected chi connectivity index (χ0v) is 17.4. The van der Waals surface area contributed by atoms with Crippen LogP contribution in [0.1, 0.15) is 27.2 Å². The molecule has 4 rings (SSSR count). The van der Waals surface area contributed by atoms with Gasteiger partial charge in [0.1, 0.15) is 0 Å². The Morgan fingerprint density at radius 2 is 1.47 bits per heavy atom. The molecule has 0 aliphatic rings. The number of hydrogen-bond donors (Lipinski definition) is 0. The summed E-state index contributed by atoms with van der Waals surface area (Å²) in [6.45, 7) is 1.82. The molecular weight excluding hydrogens is 392 g/mol. The van der Waals surface area contributed by atoms with Gasteiger partial charge in [-0.05, 0) is 41.5 Å². The first-order valence-corrected chi connectivity index (χ1v) is 10.3. The van der Waals surface area contributed by atoms with Crippen molar-refractivity contribution < 1.29 is 4.79 Å². The lowest BCUT2D eigenvalue weighted by atomic mass is 10.1. The van der Waals surface area contributed by atoms with Crippen LogP contribution < -0.4 is 0 Å². The third-order valence-corrected chi connectivity index (χ3v) is 5.28. The van der Waals surface area contributed by atoms with E-state index in [0.29, 0.717) is 23.7 Å². The van der Waals surface area contributed by atoms with E-state index in [9.17, 15) is 4.79 Å². The van der Waals surface area contributed by atoms with Crippen LogP contribution in [0.4, 0.5) is 0 Å². The van der Waals surface area contributed by atoms with Crippen molar-refractivity contribution in [3.8, 4) is 0 Å². The van der Waals surface area contributed by atoms with Crippen LogP contribution in [-0.4, -0.2) is 15.4 Å². The molecule has 1 amide bonds. The number of aromatic nitrogens is 1. The van der Waals surface area contributed by atoms with Crippen molar-refractivity contribution in [3.63, 3.8) is 0 Å². The van der Waals surface area contributed by atoms with E-state index in [0.717, 1.165) is 17.8 Å². The summed E-state index contributed by atoms with van der Waals surface area (Å²) in [5, 5.41) is 0.563. The van der Waals surface area contributed by atoms with Gasteiger partial charge in [0.05, 0.1) is 6.54 Å². The van der Waals surface area contributed by atoms with Gasteiger partial charge in [-0.15, -0.1) is 0 Å². The third-order valence-electron chi connectivity index (χ3n) is 5.05. The summed E-state index contributed by atoms with van der Waals surface area (Å²) in [4.78, 5) is 15.2. The Morgan fingerprint density at radius 3 is 2.17 bits per heavy atom. The number of rotatable bonds is 7. The average Bonchev–Trinajstić information content (AvgIpc) is 3.21. The minimum atomic E-state index is -0.0335. The summed E-state index contributed by atoms with van der Waals surface area (Å²) in [6.07, 6.45) is 2.06. The smallest absolute Gasteiger partial charge is 0.254 e. The van der Waals surface area contributed by atoms with Crippen LogP contribution in [0.25, 0.3) is 0 Å². The number of carbonyl (C=O) groups is 1. The van der Waals surface area contributed by atoms with Crippen molar-refractivity contribution in [1.29, 1.82) is 0 Å². The molecule has 4 aromatic rings. The number of carbonyl (C=O) groups excluding carboxylic acids is 1. The molecule has 0 fully saturated rings. The second-order valence-corrected chi connectivity index (χ2v) is 7.71. The van der Waals surface area contributed by atoms with Crippen molar-refractivity contribution in [2.45, 2.75) is 19.6 Å². The van der Waals surface area contributed by atoms with E-state index in [1.54, 1.807) is 12.1 Å². The van der Waals surface area contributed by atoms with Crippen LogP contribution in [0.3, 0.4) is 0 Å². The molecule has 0 radical (unpaired) electrons. The Bertz CT molecular complexity index is 1110. The van der Waals surface area contributed by atoms with Gasteiger partial charge >= 0.3 is 0 Å². The molecular formula is C26H23ClN2O. The van der Waals surface area contributed by atoms with Crippen molar-refractivity contribution in [2.24, 2.45) is 0 Å². The van der Waals surface area contributed by atoms with E-state index in [1.807, 2.05) is 71.6 Å². The quantitative estimate of drug-likeness (QED) is 0.362. The van der Waals surface area contributed by atoms with Crippen LogP contribution in [-0.2, 0) is 19.6 Å². The first-order chi connectivity index (χ1) is 14.7. The average molecular weight is 415 g/mol. The molecule has 0 saturated heterocycles. The Kier molecular flexibility index (Phi) is 6.31. The number of nitrogens with zero attached hydrogens (tertiary/aromatic N) is 2. The molecule has 0 atom stereocenters. The van der Waals surface area contributed by atoms with Gasteiger partial charge in [-0.2, -0.15) is 0 Å². The summed E-state index contributed by atoms with van der Waals surface area (Å²) in [6, 6.07) is 31.6. The van der Waals surface area contributed by atoms with Gasteiger partial charge in [0, 0.05) is 35.6 Å². The second-order valence-electron chi connectivity index (χ2n) is 7.27. The van der Waals surface area contributed by atoms with E-state index >= 15 is 0 Å². The highest BCUT2D eigenvalue weighted by Crippen LogP contribution is 2.18. The topological polar surface area (TPSA) is 25.2 Å². The fourth-order valence-electron chi connectivity index (χ4n) is 3.53. The van der Waals surface area contributed by atoms with Crippen molar-refractivity contribution in [3.05, 3.63) is 131 Å². The summed E-state index contributed by atoms with van der Waals surface area (Å²) in [5.74, 6) is -0.0335. The maximum atomic E-state index is 13.4. The zero-order valence-electron chi connectivity index (χ0n) is 16.6. The largest absolute Gasteiger partial charge is 0.345 e. The van der Waals surface area contributed by atoms with Gasteiger partial charge in [0.2, 0.25) is 0 Å². The summed E-state index contributed by atoms with van der Waals surface area (Å²) in [5.41, 5.74) is 4.00. The van der Waals surface area contributed by atoms with Gasteiger partial charge in [-0.3, -0.25) is 4.79 Å². The molecule has 1 heterocycles. The highest BCUT2D eigenvalue weighted by Gasteiger charge is 2.18. The van der Waals surface area contributed by atoms with E-state index < -0.39 is 0 Å². The number of halogens is 1. The lowest BCUT2D eigenvalue weighted by Crippen LogP contribution is -2.31. The number of hydrogen-bond acceptors (Lipinski definition) is 1. The van der Waals surface area contributed by atoms with Crippen molar-refractivity contribution in [1.82, 2.24) is 9.47 Å². The molecule has 0 unspecified atom stereocenters. The maximum absolute atomic E-state index is 13.4. The van der Waals surface area contributed by atoms with E-state index in [1.165, 1.54) is 5.56 Å². The molecule has 3 aromatic carbocycles. The van der Waals surface area contributed by atoms with Crippen LogP contribution >= 0.6 is 11.6 Å². The SMILES string of the molecule is O=C(c1cccc(Cl)c1)N(Cc1ccccc1)Cc1cccn1Cc1ccccc1. The fourth-order valence-corrected chi connectivity index (χ4v) is 3.72. The lowest BCUT2D eigenvalue weighted by Gasteiger charge is -2.24. The molecule has 1 aromatic heterocycles. The first kappa shape index (κ1) is 20.0. The summed E-state index contributed by atoms with van der Waals surface area (Å²) < 4.78 is 2.19. The fraction of sp³-hybridized carbons (Fsp3) is 0.115. The highest BCUT2D eigenvalue weighted by molar-refractivity contribution is 6.30. The summed E-state index contributed by atoms with van der Waals surface area (Å²) >= 11 is 6.14. The third kappa shape index (κ3) is 5.00. The molecule has 150 valence electrons. The molecule has 0 saturated carbocycles. The van der Waals surface area contributed by atoms with Gasteiger partial charge in [-0.25, -0.2) is 0 Å². The standard InChI is InChI=1S/C26H23ClN2O/c27-24-14-7-13-23(17-24)26(30)29(19-22-11-5-2-6-12-22)20-25-15-8-16-28(25)18-21-9-3-1-4-10-21/h1-17H,18-20H2. The first-order valence-electron chi connectivity index (χ1n) is 9.96. The van der Waals surface area contributed by atoms with E-state index in [-0.39, 0.29) is 5.91 Å². The normalized spacial score (nSPS) is 10.7. The molecule has 0 N–H and O–H groups in total. The predicted molar refractivity (Wildman–Crippen MR) is 121 cm³/mol. The van der Waals surface area contributed by atoms with Crippen molar-refractivity contribution in [2.75, 3.05) is 0 Å². The molecule has 4 heteroatoms. The highest BCUT2D eigenvalue weighted by atomic mass is 35.5. The van der Waals surface area contributed by atoms with Crippen LogP contribution in [0.5, 0.6) is 0 Å². The van der Waals surface area contributed by atoms with Gasteiger partial charge in [0.25, 0.3) is 5.91 Å². The predicted octanol–water partition coefficient (Wildman–Crippen LogP) is 6.03. The molecule has 0 aliphatic carbocycles. The Morgan fingerprint density at radius 1 is 0.767 bits per heavy atom. The lowest BCUT2D eigenvalue weighted by molar-refractivity contribution is 0.0726. The molecule has 30 heavy (non-hydrogen) atoms. The molecule has 0 bridgehead atoms. The molecule has 3 nitrogen and oxygen atoms in total. The Labute approximate surface area is 182 Å². The minimum absolute atomic E-state index is 0.0335. The monoisotopic (exact) mass is 414 g/mol. The number of amides is 1. The Balaban J connectivity index is 1.60. The minimum Gasteiger partial charge on any atom is -0.345 e. The van der Waals surface area contributed by atoms with Gasteiger partial charge in [-0.1, -0.05) is 78.3 Å². The Hall–Kier alpha value is -3.30. The van der Waals surface area contributed by atoms with Gasteiger partial charge in [0.15, 0.2) is 0 Å². The van der Waals surface area contributed by atoms with Crippen molar-refractivity contribution >= 4 is 17.5 Å². The van der Waals surface area contributed by atoms with Gasteiger partial charge < -0.3 is 9.47 Å². The van der Waals surface area contributed by atoms with Crippen LogP contribution in [0.15, 0.2) is 103 Å².